The fourth-order valence-corrected chi connectivity index (χ4v) is 6.01. The maximum Gasteiger partial charge on any atom is 0.178 e. The van der Waals surface area contributed by atoms with E-state index in [1.807, 2.05) is 24.7 Å². The number of H-pyrrole nitrogens is 2. The van der Waals surface area contributed by atoms with Gasteiger partial charge in [0.25, 0.3) is 0 Å². The maximum absolute atomic E-state index is 4.81. The van der Waals surface area contributed by atoms with E-state index in [2.05, 4.69) is 73.4 Å². The van der Waals surface area contributed by atoms with Crippen LogP contribution < -0.4 is 0 Å². The number of hydrogen-bond donors (Lipinski definition) is 2. The first-order valence-electron chi connectivity index (χ1n) is 12.3. The Balaban J connectivity index is 1.28. The minimum Gasteiger partial charge on any atom is -0.335 e. The van der Waals surface area contributed by atoms with Crippen molar-refractivity contribution in [3.05, 3.63) is 71.5 Å². The predicted octanol–water partition coefficient (Wildman–Crippen LogP) is 6.20. The van der Waals surface area contributed by atoms with E-state index in [4.69, 9.17) is 4.98 Å². The van der Waals surface area contributed by atoms with Crippen LogP contribution in [0.25, 0.3) is 55.2 Å². The second kappa shape index (κ2) is 8.65. The first-order chi connectivity index (χ1) is 17.7. The van der Waals surface area contributed by atoms with Gasteiger partial charge in [0.2, 0.25) is 0 Å². The summed E-state index contributed by atoms with van der Waals surface area (Å²) in [5.74, 6) is 0.711. The lowest BCUT2D eigenvalue weighted by Crippen LogP contribution is -2.18. The van der Waals surface area contributed by atoms with E-state index >= 15 is 0 Å². The van der Waals surface area contributed by atoms with E-state index in [1.54, 1.807) is 11.3 Å². The molecule has 6 heterocycles. The Morgan fingerprint density at radius 1 is 1.00 bits per heavy atom. The number of rotatable bonds is 5. The van der Waals surface area contributed by atoms with Crippen molar-refractivity contribution in [2.45, 2.75) is 26.3 Å². The van der Waals surface area contributed by atoms with Crippen molar-refractivity contribution in [2.75, 3.05) is 13.1 Å². The van der Waals surface area contributed by atoms with E-state index in [0.717, 1.165) is 45.3 Å². The van der Waals surface area contributed by atoms with Gasteiger partial charge >= 0.3 is 0 Å². The van der Waals surface area contributed by atoms with Crippen molar-refractivity contribution in [3.8, 4) is 33.1 Å². The molecule has 1 fully saturated rings. The molecule has 1 aromatic carbocycles. The lowest BCUT2D eigenvalue weighted by molar-refractivity contribution is 0.331. The van der Waals surface area contributed by atoms with Crippen LogP contribution in [0.3, 0.4) is 0 Å². The molecule has 0 aliphatic carbocycles. The zero-order valence-electron chi connectivity index (χ0n) is 20.0. The highest BCUT2D eigenvalue weighted by molar-refractivity contribution is 7.15. The Kier molecular flexibility index (Phi) is 5.15. The third kappa shape index (κ3) is 3.79. The summed E-state index contributed by atoms with van der Waals surface area (Å²) < 4.78 is 0. The van der Waals surface area contributed by atoms with E-state index < -0.39 is 0 Å². The molecule has 7 rings (SSSR count). The lowest BCUT2D eigenvalue weighted by atomic mass is 10.0. The number of pyridine rings is 2. The van der Waals surface area contributed by atoms with Gasteiger partial charge < -0.3 is 4.98 Å². The smallest absolute Gasteiger partial charge is 0.178 e. The molecule has 0 radical (unpaired) electrons. The molecule has 5 aromatic heterocycles. The van der Waals surface area contributed by atoms with Crippen LogP contribution in [-0.4, -0.2) is 48.1 Å². The van der Waals surface area contributed by atoms with Gasteiger partial charge in [-0.25, -0.2) is 9.97 Å². The van der Waals surface area contributed by atoms with Gasteiger partial charge in [-0.2, -0.15) is 5.10 Å². The van der Waals surface area contributed by atoms with Crippen molar-refractivity contribution in [3.63, 3.8) is 0 Å². The number of imidazole rings is 1. The summed E-state index contributed by atoms with van der Waals surface area (Å²) in [6.07, 6.45) is 8.32. The molecule has 0 bridgehead atoms. The fourth-order valence-electron chi connectivity index (χ4n) is 5.11. The summed E-state index contributed by atoms with van der Waals surface area (Å²) in [6, 6.07) is 15.0. The molecule has 36 heavy (non-hydrogen) atoms. The molecule has 1 aliphatic rings. The molecule has 1 saturated heterocycles. The number of thiophene rings is 1. The summed E-state index contributed by atoms with van der Waals surface area (Å²) in [5, 5.41) is 8.81. The van der Waals surface area contributed by atoms with Gasteiger partial charge in [0.05, 0.1) is 11.0 Å². The van der Waals surface area contributed by atoms with E-state index in [-0.39, 0.29) is 0 Å². The summed E-state index contributed by atoms with van der Waals surface area (Å²) in [4.78, 5) is 22.4. The SMILES string of the molecule is Cc1ccc(-c2ccnc3nc(-c4n[nH]c5ccc(-c6cncc(CN7CCCC7)c6)cc45)[nH]c23)s1. The largest absolute Gasteiger partial charge is 0.335 e. The van der Waals surface area contributed by atoms with Gasteiger partial charge in [-0.15, -0.1) is 11.3 Å². The van der Waals surface area contributed by atoms with Gasteiger partial charge in [0.15, 0.2) is 11.5 Å². The van der Waals surface area contributed by atoms with Crippen molar-refractivity contribution in [1.29, 1.82) is 0 Å². The van der Waals surface area contributed by atoms with Crippen LogP contribution >= 0.6 is 11.3 Å². The highest BCUT2D eigenvalue weighted by Crippen LogP contribution is 2.35. The fraction of sp³-hybridized carbons (Fsp3) is 0.214. The van der Waals surface area contributed by atoms with Crippen molar-refractivity contribution in [1.82, 2.24) is 35.0 Å². The lowest BCUT2D eigenvalue weighted by Gasteiger charge is -2.14. The van der Waals surface area contributed by atoms with E-state index in [1.165, 1.54) is 41.2 Å². The van der Waals surface area contributed by atoms with E-state index in [0.29, 0.717) is 11.5 Å². The van der Waals surface area contributed by atoms with Gasteiger partial charge in [0.1, 0.15) is 5.69 Å². The third-order valence-corrected chi connectivity index (χ3v) is 7.95. The van der Waals surface area contributed by atoms with Crippen molar-refractivity contribution >= 4 is 33.4 Å². The van der Waals surface area contributed by atoms with Crippen LogP contribution in [0.5, 0.6) is 0 Å². The number of aromatic amines is 2. The number of likely N-dealkylation sites (tertiary alicyclic amines) is 1. The first-order valence-corrected chi connectivity index (χ1v) is 13.1. The molecular weight excluding hydrogens is 466 g/mol. The second-order valence-corrected chi connectivity index (χ2v) is 10.7. The van der Waals surface area contributed by atoms with Crippen LogP contribution in [0.1, 0.15) is 23.3 Å². The van der Waals surface area contributed by atoms with Gasteiger partial charge in [-0.05, 0) is 80.4 Å². The Labute approximate surface area is 212 Å². The van der Waals surface area contributed by atoms with Gasteiger partial charge in [-0.1, -0.05) is 6.07 Å². The Morgan fingerprint density at radius 2 is 1.92 bits per heavy atom. The summed E-state index contributed by atoms with van der Waals surface area (Å²) in [7, 11) is 0. The molecule has 7 nitrogen and oxygen atoms in total. The van der Waals surface area contributed by atoms with Crippen LogP contribution in [0.2, 0.25) is 0 Å². The molecule has 0 atom stereocenters. The first kappa shape index (κ1) is 21.4. The van der Waals surface area contributed by atoms with Crippen LogP contribution in [0.4, 0.5) is 0 Å². The molecule has 0 saturated carbocycles. The zero-order chi connectivity index (χ0) is 24.1. The minimum atomic E-state index is 0.694. The summed E-state index contributed by atoms with van der Waals surface area (Å²) in [5.41, 5.74) is 7.98. The Bertz CT molecular complexity index is 1700. The number of aromatic nitrogens is 6. The summed E-state index contributed by atoms with van der Waals surface area (Å²) in [6.45, 7) is 5.43. The number of nitrogens with zero attached hydrogens (tertiary/aromatic N) is 5. The number of benzene rings is 1. The quantitative estimate of drug-likeness (QED) is 0.300. The zero-order valence-corrected chi connectivity index (χ0v) is 20.8. The van der Waals surface area contributed by atoms with Gasteiger partial charge in [0, 0.05) is 51.4 Å². The Morgan fingerprint density at radius 3 is 2.78 bits per heavy atom. The number of nitrogens with one attached hydrogen (secondary N) is 2. The molecular formula is C28H25N7S. The van der Waals surface area contributed by atoms with E-state index in [9.17, 15) is 0 Å². The minimum absolute atomic E-state index is 0.694. The third-order valence-electron chi connectivity index (χ3n) is 6.92. The van der Waals surface area contributed by atoms with Crippen molar-refractivity contribution < 1.29 is 0 Å². The Hall–Kier alpha value is -3.88. The van der Waals surface area contributed by atoms with Crippen molar-refractivity contribution in [2.24, 2.45) is 0 Å². The molecule has 8 heteroatoms. The standard InChI is InChI=1S/C28H25N7S/c1-17-4-7-24(36-17)21-8-9-30-27-25(21)31-28(32-27)26-22-13-19(5-6-23(22)33-34-26)20-12-18(14-29-15-20)16-35-10-2-3-11-35/h4-9,12-15H,2-3,10-11,16H2,1H3,(H,33,34)(H,30,31,32). The van der Waals surface area contributed by atoms with Crippen LogP contribution in [-0.2, 0) is 6.54 Å². The molecule has 1 aliphatic heterocycles. The average Bonchev–Trinajstić information content (AvgIpc) is 3.70. The highest BCUT2D eigenvalue weighted by Gasteiger charge is 2.17. The number of aryl methyl sites for hydroxylation is 1. The topological polar surface area (TPSA) is 86.4 Å². The number of hydrogen-bond acceptors (Lipinski definition) is 6. The second-order valence-electron chi connectivity index (χ2n) is 9.45. The molecule has 0 amide bonds. The van der Waals surface area contributed by atoms with Crippen LogP contribution in [0, 0.1) is 6.92 Å². The average molecular weight is 492 g/mol. The molecule has 2 N–H and O–H groups in total. The molecule has 6 aromatic rings. The predicted molar refractivity (Wildman–Crippen MR) is 145 cm³/mol. The molecule has 178 valence electrons. The number of fused-ring (bicyclic) bond motifs is 2. The maximum atomic E-state index is 4.81. The van der Waals surface area contributed by atoms with Crippen LogP contribution in [0.15, 0.2) is 61.1 Å². The molecule has 0 spiro atoms. The monoisotopic (exact) mass is 491 g/mol. The molecule has 0 unspecified atom stereocenters. The van der Waals surface area contributed by atoms with Gasteiger partial charge in [-0.3, -0.25) is 15.0 Å². The summed E-state index contributed by atoms with van der Waals surface area (Å²) >= 11 is 1.77. The highest BCUT2D eigenvalue weighted by atomic mass is 32.1. The normalized spacial score (nSPS) is 14.4.